The molecule has 0 aliphatic carbocycles. The largest absolute Gasteiger partial charge is 0.441 e. The molecule has 0 unspecified atom stereocenters. The van der Waals surface area contributed by atoms with Gasteiger partial charge in [-0.1, -0.05) is 0 Å². The summed E-state index contributed by atoms with van der Waals surface area (Å²) >= 11 is 0. The van der Waals surface area contributed by atoms with Gasteiger partial charge in [-0.15, -0.1) is 0 Å². The number of nitrogens with zero attached hydrogens (tertiary/aromatic N) is 1. The molecule has 0 spiro atoms. The zero-order valence-electron chi connectivity index (χ0n) is 7.16. The SMILES string of the molecule is Cc1nc2cc(C(=N)N)ccc2o1. The first-order valence-electron chi connectivity index (χ1n) is 3.88. The van der Waals surface area contributed by atoms with E-state index in [2.05, 4.69) is 4.98 Å². The Labute approximate surface area is 74.9 Å². The minimum atomic E-state index is 0.0440. The molecule has 0 aliphatic heterocycles. The van der Waals surface area contributed by atoms with Gasteiger partial charge < -0.3 is 10.2 Å². The van der Waals surface area contributed by atoms with Crippen LogP contribution in [-0.4, -0.2) is 10.8 Å². The van der Waals surface area contributed by atoms with Crippen LogP contribution >= 0.6 is 0 Å². The van der Waals surface area contributed by atoms with E-state index in [9.17, 15) is 0 Å². The van der Waals surface area contributed by atoms with Crippen molar-refractivity contribution in [1.29, 1.82) is 5.41 Å². The topological polar surface area (TPSA) is 75.9 Å². The number of aromatic nitrogens is 1. The van der Waals surface area contributed by atoms with Crippen LogP contribution in [0.1, 0.15) is 11.5 Å². The molecule has 2 aromatic rings. The first-order chi connectivity index (χ1) is 6.16. The third kappa shape index (κ3) is 1.26. The lowest BCUT2D eigenvalue weighted by Crippen LogP contribution is -2.10. The highest BCUT2D eigenvalue weighted by Gasteiger charge is 2.03. The third-order valence-corrected chi connectivity index (χ3v) is 1.81. The van der Waals surface area contributed by atoms with Crippen molar-refractivity contribution in [3.8, 4) is 0 Å². The lowest BCUT2D eigenvalue weighted by molar-refractivity contribution is 0.561. The molecule has 1 heterocycles. The number of rotatable bonds is 1. The van der Waals surface area contributed by atoms with Crippen molar-refractivity contribution in [2.24, 2.45) is 5.73 Å². The Kier molecular flexibility index (Phi) is 1.55. The summed E-state index contributed by atoms with van der Waals surface area (Å²) in [5.74, 6) is 0.665. The predicted molar refractivity (Wildman–Crippen MR) is 49.8 cm³/mol. The molecule has 0 radical (unpaired) electrons. The van der Waals surface area contributed by atoms with Crippen LogP contribution in [0.25, 0.3) is 11.1 Å². The van der Waals surface area contributed by atoms with Crippen LogP contribution in [0, 0.1) is 12.3 Å². The number of hydrogen-bond donors (Lipinski definition) is 2. The van der Waals surface area contributed by atoms with E-state index in [0.717, 1.165) is 11.1 Å². The third-order valence-electron chi connectivity index (χ3n) is 1.81. The number of hydrogen-bond acceptors (Lipinski definition) is 3. The zero-order chi connectivity index (χ0) is 9.42. The minimum Gasteiger partial charge on any atom is -0.441 e. The van der Waals surface area contributed by atoms with E-state index in [4.69, 9.17) is 15.6 Å². The zero-order valence-corrected chi connectivity index (χ0v) is 7.16. The number of nitrogens with two attached hydrogens (primary N) is 1. The first-order valence-corrected chi connectivity index (χ1v) is 3.88. The Bertz CT molecular complexity index is 473. The van der Waals surface area contributed by atoms with Crippen molar-refractivity contribution in [2.45, 2.75) is 6.92 Å². The normalized spacial score (nSPS) is 10.5. The maximum atomic E-state index is 7.24. The summed E-state index contributed by atoms with van der Waals surface area (Å²) in [7, 11) is 0. The van der Waals surface area contributed by atoms with Crippen molar-refractivity contribution >= 4 is 16.9 Å². The van der Waals surface area contributed by atoms with Gasteiger partial charge in [-0.25, -0.2) is 4.98 Å². The van der Waals surface area contributed by atoms with Crippen LogP contribution in [-0.2, 0) is 0 Å². The summed E-state index contributed by atoms with van der Waals surface area (Å²) in [5, 5.41) is 7.24. The van der Waals surface area contributed by atoms with Crippen LogP contribution in [0.15, 0.2) is 22.6 Å². The molecule has 1 aromatic heterocycles. The highest BCUT2D eigenvalue weighted by molar-refractivity contribution is 5.97. The summed E-state index contributed by atoms with van der Waals surface area (Å²) in [6.45, 7) is 1.79. The van der Waals surface area contributed by atoms with E-state index in [1.54, 1.807) is 25.1 Å². The molecule has 66 valence electrons. The molecule has 2 rings (SSSR count). The highest BCUT2D eigenvalue weighted by atomic mass is 16.3. The molecule has 4 nitrogen and oxygen atoms in total. The fraction of sp³-hybridized carbons (Fsp3) is 0.111. The van der Waals surface area contributed by atoms with Gasteiger partial charge in [0, 0.05) is 12.5 Å². The van der Waals surface area contributed by atoms with Gasteiger partial charge in [0.25, 0.3) is 0 Å². The fourth-order valence-electron chi connectivity index (χ4n) is 1.21. The molecule has 0 saturated heterocycles. The maximum Gasteiger partial charge on any atom is 0.192 e. The molecule has 0 aliphatic rings. The number of benzene rings is 1. The van der Waals surface area contributed by atoms with Crippen molar-refractivity contribution in [3.63, 3.8) is 0 Å². The van der Waals surface area contributed by atoms with Crippen LogP contribution in [0.3, 0.4) is 0 Å². The maximum absolute atomic E-state index is 7.24. The fourth-order valence-corrected chi connectivity index (χ4v) is 1.21. The van der Waals surface area contributed by atoms with Crippen molar-refractivity contribution in [2.75, 3.05) is 0 Å². The molecule has 0 atom stereocenters. The monoisotopic (exact) mass is 175 g/mol. The van der Waals surface area contributed by atoms with Gasteiger partial charge in [-0.3, -0.25) is 5.41 Å². The molecule has 3 N–H and O–H groups in total. The Balaban J connectivity index is 2.67. The number of fused-ring (bicyclic) bond motifs is 1. The summed E-state index contributed by atoms with van der Waals surface area (Å²) < 4.78 is 5.28. The van der Waals surface area contributed by atoms with Crippen LogP contribution in [0.2, 0.25) is 0 Å². The van der Waals surface area contributed by atoms with Crippen molar-refractivity contribution < 1.29 is 4.42 Å². The second kappa shape index (κ2) is 2.58. The Morgan fingerprint density at radius 1 is 1.54 bits per heavy atom. The van der Waals surface area contributed by atoms with E-state index in [0.29, 0.717) is 11.5 Å². The Morgan fingerprint density at radius 2 is 2.31 bits per heavy atom. The van der Waals surface area contributed by atoms with E-state index in [-0.39, 0.29) is 5.84 Å². The molecule has 4 heteroatoms. The van der Waals surface area contributed by atoms with Gasteiger partial charge in [-0.2, -0.15) is 0 Å². The molecule has 0 fully saturated rings. The highest BCUT2D eigenvalue weighted by Crippen LogP contribution is 2.16. The van der Waals surface area contributed by atoms with Gasteiger partial charge >= 0.3 is 0 Å². The summed E-state index contributed by atoms with van der Waals surface area (Å²) in [6, 6.07) is 5.26. The number of oxazole rings is 1. The molecular formula is C9H9N3O. The Morgan fingerprint density at radius 3 is 3.00 bits per heavy atom. The van der Waals surface area contributed by atoms with Gasteiger partial charge in [0.2, 0.25) is 0 Å². The molecule has 0 amide bonds. The van der Waals surface area contributed by atoms with Crippen molar-refractivity contribution in [3.05, 3.63) is 29.7 Å². The number of aryl methyl sites for hydroxylation is 1. The molecular weight excluding hydrogens is 166 g/mol. The molecule has 0 saturated carbocycles. The van der Waals surface area contributed by atoms with E-state index in [1.165, 1.54) is 0 Å². The quantitative estimate of drug-likeness (QED) is 0.508. The van der Waals surface area contributed by atoms with Gasteiger partial charge in [0.1, 0.15) is 11.4 Å². The van der Waals surface area contributed by atoms with Crippen LogP contribution in [0.4, 0.5) is 0 Å². The Hall–Kier alpha value is -1.84. The predicted octanol–water partition coefficient (Wildman–Crippen LogP) is 1.42. The lowest BCUT2D eigenvalue weighted by atomic mass is 10.2. The lowest BCUT2D eigenvalue weighted by Gasteiger charge is -1.95. The summed E-state index contributed by atoms with van der Waals surface area (Å²) in [5.41, 5.74) is 7.47. The van der Waals surface area contributed by atoms with Crippen LogP contribution in [0.5, 0.6) is 0 Å². The summed E-state index contributed by atoms with van der Waals surface area (Å²) in [4.78, 5) is 4.14. The molecule has 1 aromatic carbocycles. The van der Waals surface area contributed by atoms with E-state index in [1.807, 2.05) is 0 Å². The average molecular weight is 175 g/mol. The van der Waals surface area contributed by atoms with Crippen LogP contribution < -0.4 is 5.73 Å². The standard InChI is InChI=1S/C9H9N3O/c1-5-12-7-4-6(9(10)11)2-3-8(7)13-5/h2-4H,1H3,(H3,10,11). The van der Waals surface area contributed by atoms with Gasteiger partial charge in [0.15, 0.2) is 11.5 Å². The van der Waals surface area contributed by atoms with E-state index >= 15 is 0 Å². The second-order valence-corrected chi connectivity index (χ2v) is 2.83. The smallest absolute Gasteiger partial charge is 0.192 e. The molecule has 0 bridgehead atoms. The number of nitrogen functional groups attached to an aromatic ring is 1. The minimum absolute atomic E-state index is 0.0440. The summed E-state index contributed by atoms with van der Waals surface area (Å²) in [6.07, 6.45) is 0. The van der Waals surface area contributed by atoms with Gasteiger partial charge in [-0.05, 0) is 18.2 Å². The molecule has 13 heavy (non-hydrogen) atoms. The number of nitrogens with one attached hydrogen (secondary N) is 1. The van der Waals surface area contributed by atoms with Crippen molar-refractivity contribution in [1.82, 2.24) is 4.98 Å². The average Bonchev–Trinajstić information content (AvgIpc) is 2.42. The van der Waals surface area contributed by atoms with E-state index < -0.39 is 0 Å². The first kappa shape index (κ1) is 7.79. The second-order valence-electron chi connectivity index (χ2n) is 2.83. The number of amidine groups is 1. The van der Waals surface area contributed by atoms with Gasteiger partial charge in [0.05, 0.1) is 0 Å².